The number of anilines is 1. The van der Waals surface area contributed by atoms with Crippen LogP contribution in [-0.4, -0.2) is 12.4 Å². The van der Waals surface area contributed by atoms with Crippen molar-refractivity contribution in [1.29, 1.82) is 0 Å². The van der Waals surface area contributed by atoms with Crippen LogP contribution >= 0.6 is 0 Å². The van der Waals surface area contributed by atoms with E-state index in [0.29, 0.717) is 13.2 Å². The maximum absolute atomic E-state index is 11.2. The summed E-state index contributed by atoms with van der Waals surface area (Å²) in [6.45, 7) is 5.67. The Morgan fingerprint density at radius 3 is 2.33 bits per heavy atom. The van der Waals surface area contributed by atoms with Crippen molar-refractivity contribution in [3.63, 3.8) is 0 Å². The summed E-state index contributed by atoms with van der Waals surface area (Å²) in [6, 6.07) is 15.8. The van der Waals surface area contributed by atoms with Crippen LogP contribution < -0.4 is 5.32 Å². The molecule has 2 aromatic carbocycles. The smallest absolute Gasteiger partial charge is 0.159 e. The first-order valence-corrected chi connectivity index (χ1v) is 7.20. The van der Waals surface area contributed by atoms with E-state index in [2.05, 4.69) is 17.4 Å². The molecule has 2 aromatic rings. The third-order valence-corrected chi connectivity index (χ3v) is 3.35. The van der Waals surface area contributed by atoms with Crippen LogP contribution in [0.25, 0.3) is 0 Å². The summed E-state index contributed by atoms with van der Waals surface area (Å²) in [5.41, 5.74) is 4.16. The van der Waals surface area contributed by atoms with Gasteiger partial charge in [-0.3, -0.25) is 4.79 Å². The quantitative estimate of drug-likeness (QED) is 0.779. The maximum Gasteiger partial charge on any atom is 0.159 e. The van der Waals surface area contributed by atoms with E-state index in [-0.39, 0.29) is 5.78 Å². The molecule has 0 fully saturated rings. The number of ketones is 1. The van der Waals surface area contributed by atoms with Crippen molar-refractivity contribution >= 4 is 11.5 Å². The number of carbonyl (C=O) groups excluding carboxylic acids is 1. The van der Waals surface area contributed by atoms with Crippen LogP contribution in [0.2, 0.25) is 0 Å². The van der Waals surface area contributed by atoms with Gasteiger partial charge in [0.05, 0.1) is 6.61 Å². The van der Waals surface area contributed by atoms with E-state index < -0.39 is 0 Å². The molecule has 21 heavy (non-hydrogen) atoms. The molecule has 0 heterocycles. The molecule has 0 aliphatic carbocycles. The second-order valence-electron chi connectivity index (χ2n) is 4.89. The molecule has 0 unspecified atom stereocenters. The predicted molar refractivity (Wildman–Crippen MR) is 85.5 cm³/mol. The Labute approximate surface area is 126 Å². The number of benzene rings is 2. The predicted octanol–water partition coefficient (Wildman–Crippen LogP) is 4.04. The molecule has 0 saturated heterocycles. The van der Waals surface area contributed by atoms with E-state index in [1.54, 1.807) is 6.92 Å². The Morgan fingerprint density at radius 1 is 1.05 bits per heavy atom. The summed E-state index contributed by atoms with van der Waals surface area (Å²) in [6.07, 6.45) is 0. The van der Waals surface area contributed by atoms with Gasteiger partial charge in [0.1, 0.15) is 0 Å². The Hall–Kier alpha value is -2.13. The molecule has 0 radical (unpaired) electrons. The number of Topliss-reactive ketones (excluding diaryl/α,β-unsaturated/α-hetero) is 1. The normalized spacial score (nSPS) is 10.4. The molecule has 3 nitrogen and oxygen atoms in total. The van der Waals surface area contributed by atoms with Gasteiger partial charge >= 0.3 is 0 Å². The summed E-state index contributed by atoms with van der Waals surface area (Å²) in [5.74, 6) is 0.0867. The zero-order valence-electron chi connectivity index (χ0n) is 12.6. The average Bonchev–Trinajstić information content (AvgIpc) is 2.52. The molecule has 0 saturated carbocycles. The number of nitrogens with one attached hydrogen (secondary N) is 1. The van der Waals surface area contributed by atoms with Crippen molar-refractivity contribution in [2.45, 2.75) is 27.0 Å². The molecule has 0 aliphatic heterocycles. The van der Waals surface area contributed by atoms with Crippen molar-refractivity contribution in [1.82, 2.24) is 0 Å². The molecule has 110 valence electrons. The standard InChI is InChI=1S/C18H21NO2/c1-3-21-13-17-7-5-4-6-16(17)12-19-18-10-8-15(9-11-18)14(2)20/h4-11,19H,3,12-13H2,1-2H3. The van der Waals surface area contributed by atoms with Gasteiger partial charge in [-0.25, -0.2) is 0 Å². The fourth-order valence-corrected chi connectivity index (χ4v) is 2.10. The molecule has 0 bridgehead atoms. The van der Waals surface area contributed by atoms with Crippen LogP contribution in [0.4, 0.5) is 5.69 Å². The lowest BCUT2D eigenvalue weighted by atomic mass is 10.1. The summed E-state index contributed by atoms with van der Waals surface area (Å²) >= 11 is 0. The lowest BCUT2D eigenvalue weighted by molar-refractivity contribution is 0.101. The van der Waals surface area contributed by atoms with Crippen LogP contribution in [-0.2, 0) is 17.9 Å². The van der Waals surface area contributed by atoms with E-state index in [4.69, 9.17) is 4.74 Å². The molecule has 0 amide bonds. The number of ether oxygens (including phenoxy) is 1. The number of hydrogen-bond donors (Lipinski definition) is 1. The fraction of sp³-hybridized carbons (Fsp3) is 0.278. The Bertz CT molecular complexity index is 590. The summed E-state index contributed by atoms with van der Waals surface area (Å²) in [7, 11) is 0. The van der Waals surface area contributed by atoms with Gasteiger partial charge < -0.3 is 10.1 Å². The zero-order chi connectivity index (χ0) is 15.1. The van der Waals surface area contributed by atoms with Gasteiger partial charge in [0.15, 0.2) is 5.78 Å². The highest BCUT2D eigenvalue weighted by Crippen LogP contribution is 2.15. The molecule has 0 atom stereocenters. The fourth-order valence-electron chi connectivity index (χ4n) is 2.10. The number of rotatable bonds is 7. The third kappa shape index (κ3) is 4.43. The lowest BCUT2D eigenvalue weighted by Gasteiger charge is -2.11. The second-order valence-corrected chi connectivity index (χ2v) is 4.89. The van der Waals surface area contributed by atoms with Gasteiger partial charge in [0.25, 0.3) is 0 Å². The van der Waals surface area contributed by atoms with Gasteiger partial charge in [-0.2, -0.15) is 0 Å². The Morgan fingerprint density at radius 2 is 1.71 bits per heavy atom. The molecule has 1 N–H and O–H groups in total. The SMILES string of the molecule is CCOCc1ccccc1CNc1ccc(C(C)=O)cc1. The van der Waals surface area contributed by atoms with E-state index in [1.165, 1.54) is 11.1 Å². The lowest BCUT2D eigenvalue weighted by Crippen LogP contribution is -2.04. The summed E-state index contributed by atoms with van der Waals surface area (Å²) in [5, 5.41) is 3.38. The highest BCUT2D eigenvalue weighted by atomic mass is 16.5. The Balaban J connectivity index is 2.00. The molecule has 0 spiro atoms. The van der Waals surface area contributed by atoms with Crippen LogP contribution in [0.1, 0.15) is 35.3 Å². The van der Waals surface area contributed by atoms with Crippen molar-refractivity contribution in [3.8, 4) is 0 Å². The largest absolute Gasteiger partial charge is 0.381 e. The van der Waals surface area contributed by atoms with E-state index in [0.717, 1.165) is 17.8 Å². The molecule has 0 aromatic heterocycles. The highest BCUT2D eigenvalue weighted by Gasteiger charge is 2.03. The maximum atomic E-state index is 11.2. The first kappa shape index (κ1) is 15.3. The average molecular weight is 283 g/mol. The molecule has 0 aliphatic rings. The van der Waals surface area contributed by atoms with E-state index >= 15 is 0 Å². The second kappa shape index (κ2) is 7.60. The molecule has 3 heteroatoms. The van der Waals surface area contributed by atoms with Gasteiger partial charge in [0, 0.05) is 24.4 Å². The van der Waals surface area contributed by atoms with Crippen molar-refractivity contribution in [3.05, 3.63) is 65.2 Å². The zero-order valence-corrected chi connectivity index (χ0v) is 12.6. The number of carbonyl (C=O) groups is 1. The van der Waals surface area contributed by atoms with Gasteiger partial charge in [0.2, 0.25) is 0 Å². The van der Waals surface area contributed by atoms with Crippen molar-refractivity contribution in [2.75, 3.05) is 11.9 Å². The van der Waals surface area contributed by atoms with Crippen molar-refractivity contribution < 1.29 is 9.53 Å². The van der Waals surface area contributed by atoms with E-state index in [9.17, 15) is 4.79 Å². The summed E-state index contributed by atoms with van der Waals surface area (Å²) in [4.78, 5) is 11.2. The first-order valence-electron chi connectivity index (χ1n) is 7.20. The van der Waals surface area contributed by atoms with Crippen molar-refractivity contribution in [2.24, 2.45) is 0 Å². The third-order valence-electron chi connectivity index (χ3n) is 3.35. The minimum atomic E-state index is 0.0867. The molecular formula is C18H21NO2. The van der Waals surface area contributed by atoms with Crippen LogP contribution in [0.3, 0.4) is 0 Å². The monoisotopic (exact) mass is 283 g/mol. The highest BCUT2D eigenvalue weighted by molar-refractivity contribution is 5.94. The molecule has 2 rings (SSSR count). The number of hydrogen-bond acceptors (Lipinski definition) is 3. The van der Waals surface area contributed by atoms with Gasteiger partial charge in [-0.05, 0) is 49.2 Å². The van der Waals surface area contributed by atoms with Crippen LogP contribution in [0.15, 0.2) is 48.5 Å². The topological polar surface area (TPSA) is 38.3 Å². The van der Waals surface area contributed by atoms with E-state index in [1.807, 2.05) is 43.3 Å². The Kier molecular flexibility index (Phi) is 5.52. The minimum absolute atomic E-state index is 0.0867. The van der Waals surface area contributed by atoms with Crippen LogP contribution in [0, 0.1) is 0 Å². The van der Waals surface area contributed by atoms with Crippen LogP contribution in [0.5, 0.6) is 0 Å². The van der Waals surface area contributed by atoms with Gasteiger partial charge in [-0.1, -0.05) is 24.3 Å². The summed E-state index contributed by atoms with van der Waals surface area (Å²) < 4.78 is 5.49. The van der Waals surface area contributed by atoms with Gasteiger partial charge in [-0.15, -0.1) is 0 Å². The first-order chi connectivity index (χ1) is 10.2. The molecular weight excluding hydrogens is 262 g/mol. The minimum Gasteiger partial charge on any atom is -0.381 e.